The van der Waals surface area contributed by atoms with Gasteiger partial charge >= 0.3 is 5.97 Å². The molecule has 0 fully saturated rings. The minimum absolute atomic E-state index is 0.0596. The molecule has 0 aliphatic heterocycles. The van der Waals surface area contributed by atoms with Crippen LogP contribution in [-0.4, -0.2) is 28.9 Å². The molecule has 86 valence electrons. The number of nitroso groups, excluding NO2 is 1. The second kappa shape index (κ2) is 6.71. The Morgan fingerprint density at radius 1 is 1.19 bits per heavy atom. The Balaban J connectivity index is 2.18. The molecule has 0 aromatic heterocycles. The molecule has 1 rings (SSSR count). The summed E-state index contributed by atoms with van der Waals surface area (Å²) in [7, 11) is 0. The number of rotatable bonds is 7. The molecule has 0 radical (unpaired) electrons. The van der Waals surface area contributed by atoms with Crippen LogP contribution >= 0.6 is 0 Å². The average molecular weight is 222 g/mol. The number of carboxylic acid groups (broad SMARTS) is 1. The number of carboxylic acids is 1. The predicted octanol–water partition coefficient (Wildman–Crippen LogP) is 1.87. The summed E-state index contributed by atoms with van der Waals surface area (Å²) in [5, 5.41) is 8.41. The molecule has 0 spiro atoms. The lowest BCUT2D eigenvalue weighted by Gasteiger charge is -1.96. The van der Waals surface area contributed by atoms with E-state index in [1.807, 2.05) is 30.3 Å². The zero-order valence-corrected chi connectivity index (χ0v) is 9.13. The number of carbonyl (C=O) groups is 1. The Hall–Kier alpha value is -1.71. The van der Waals surface area contributed by atoms with Crippen molar-refractivity contribution in [3.63, 3.8) is 0 Å². The average Bonchev–Trinajstić information content (AvgIpc) is 2.27. The summed E-state index contributed by atoms with van der Waals surface area (Å²) in [5.74, 6) is -0.851. The van der Waals surface area contributed by atoms with E-state index < -0.39 is 5.97 Å². The monoisotopic (exact) mass is 222 g/mol. The molecule has 1 aromatic rings. The highest BCUT2D eigenvalue weighted by atomic mass is 16.4. The fraction of sp³-hybridized carbons (Fsp3) is 0.417. The van der Waals surface area contributed by atoms with Crippen LogP contribution in [0.15, 0.2) is 30.3 Å². The van der Waals surface area contributed by atoms with E-state index in [4.69, 9.17) is 5.11 Å². The second-order valence-electron chi connectivity index (χ2n) is 3.66. The molecule has 1 N–H and O–H groups in total. The molecule has 0 saturated heterocycles. The summed E-state index contributed by atoms with van der Waals surface area (Å²) >= 11 is 0. The molecule has 1 aromatic carbocycles. The highest BCUT2D eigenvalue weighted by Gasteiger charge is 2.09. The lowest BCUT2D eigenvalue weighted by atomic mass is 10.1. The van der Waals surface area contributed by atoms with Crippen LogP contribution in [-0.2, 0) is 11.2 Å². The fourth-order valence-electron chi connectivity index (χ4n) is 1.42. The summed E-state index contributed by atoms with van der Waals surface area (Å²) < 4.78 is 0.927. The first-order chi connectivity index (χ1) is 7.68. The van der Waals surface area contributed by atoms with Gasteiger partial charge in [0.2, 0.25) is 0 Å². The smallest absolute Gasteiger partial charge is 0.303 e. The van der Waals surface area contributed by atoms with E-state index in [1.165, 1.54) is 0 Å². The lowest BCUT2D eigenvalue weighted by molar-refractivity contribution is -0.548. The van der Waals surface area contributed by atoms with Gasteiger partial charge in [-0.25, -0.2) is 0 Å². The van der Waals surface area contributed by atoms with Crippen molar-refractivity contribution < 1.29 is 14.7 Å². The van der Waals surface area contributed by atoms with Gasteiger partial charge in [0.25, 0.3) is 0 Å². The van der Waals surface area contributed by atoms with E-state index in [-0.39, 0.29) is 6.42 Å². The first-order valence-electron chi connectivity index (χ1n) is 5.36. The topological polar surface area (TPSA) is 57.4 Å². The Morgan fingerprint density at radius 3 is 2.50 bits per heavy atom. The van der Waals surface area contributed by atoms with Gasteiger partial charge in [0.05, 0.1) is 6.42 Å². The lowest BCUT2D eigenvalue weighted by Crippen LogP contribution is -2.14. The summed E-state index contributed by atoms with van der Waals surface area (Å²) in [6, 6.07) is 9.77. The summed E-state index contributed by atoms with van der Waals surface area (Å²) in [4.78, 5) is 21.6. The standard InChI is InChI=1S/C12H15NO3/c14-12(15)7-4-9-13(16)10-8-11-5-2-1-3-6-11/h1-3,5-6H,4,7-10H2/p+1. The maximum Gasteiger partial charge on any atom is 0.303 e. The van der Waals surface area contributed by atoms with Crippen molar-refractivity contribution in [2.45, 2.75) is 19.3 Å². The van der Waals surface area contributed by atoms with Crippen LogP contribution in [0.1, 0.15) is 18.4 Å². The zero-order chi connectivity index (χ0) is 11.8. The van der Waals surface area contributed by atoms with E-state index in [2.05, 4.69) is 0 Å². The third kappa shape index (κ3) is 5.24. The van der Waals surface area contributed by atoms with E-state index in [9.17, 15) is 9.70 Å². The molecular formula is C12H16NO3+. The van der Waals surface area contributed by atoms with Crippen molar-refractivity contribution in [1.29, 1.82) is 0 Å². The first-order valence-corrected chi connectivity index (χ1v) is 5.36. The maximum absolute atomic E-state index is 11.3. The minimum atomic E-state index is -0.851. The van der Waals surface area contributed by atoms with Crippen LogP contribution in [0.2, 0.25) is 0 Å². The van der Waals surface area contributed by atoms with Crippen LogP contribution in [0.4, 0.5) is 0 Å². The highest BCUT2D eigenvalue weighted by Crippen LogP contribution is 2.00. The third-order valence-electron chi connectivity index (χ3n) is 2.29. The van der Waals surface area contributed by atoms with Gasteiger partial charge in [0.15, 0.2) is 13.1 Å². The summed E-state index contributed by atoms with van der Waals surface area (Å²) in [5.41, 5.74) is 1.13. The molecule has 0 amide bonds. The van der Waals surface area contributed by atoms with Gasteiger partial charge in [0.1, 0.15) is 0 Å². The fourth-order valence-corrected chi connectivity index (χ4v) is 1.42. The Kier molecular flexibility index (Phi) is 5.19. The van der Waals surface area contributed by atoms with Crippen molar-refractivity contribution in [2.24, 2.45) is 0 Å². The second-order valence-corrected chi connectivity index (χ2v) is 3.66. The molecule has 0 atom stereocenters. The number of nitrogens with zero attached hydrogens (tertiary/aromatic N) is 1. The number of hydrogen-bond donors (Lipinski definition) is 1. The molecule has 4 nitrogen and oxygen atoms in total. The summed E-state index contributed by atoms with van der Waals surface area (Å²) in [6.45, 7) is 0.711. The van der Waals surface area contributed by atoms with Crippen molar-refractivity contribution in [3.05, 3.63) is 40.8 Å². The van der Waals surface area contributed by atoms with Gasteiger partial charge in [-0.3, -0.25) is 4.79 Å². The molecule has 4 heteroatoms. The molecule has 0 unspecified atom stereocenters. The van der Waals surface area contributed by atoms with Crippen LogP contribution in [0, 0.1) is 4.91 Å². The number of benzene rings is 1. The third-order valence-corrected chi connectivity index (χ3v) is 2.29. The number of hydrogen-bond acceptors (Lipinski definition) is 2. The van der Waals surface area contributed by atoms with Gasteiger partial charge in [-0.1, -0.05) is 30.3 Å². The maximum atomic E-state index is 11.3. The van der Waals surface area contributed by atoms with Crippen molar-refractivity contribution >= 4 is 5.97 Å². The van der Waals surface area contributed by atoms with Crippen LogP contribution in [0.25, 0.3) is 0 Å². The Labute approximate surface area is 94.5 Å². The molecule has 16 heavy (non-hydrogen) atoms. The quantitative estimate of drug-likeness (QED) is 0.716. The largest absolute Gasteiger partial charge is 0.481 e. The molecule has 0 aliphatic carbocycles. The SMILES string of the molecule is O=C(O)CCC[N+](=O)CCc1ccccc1. The van der Waals surface area contributed by atoms with Gasteiger partial charge in [-0.05, 0) is 10.3 Å². The normalized spacial score (nSPS) is 10.0. The van der Waals surface area contributed by atoms with Crippen LogP contribution < -0.4 is 0 Å². The minimum Gasteiger partial charge on any atom is -0.481 e. The van der Waals surface area contributed by atoms with Crippen molar-refractivity contribution in [2.75, 3.05) is 13.1 Å². The molecule has 0 bridgehead atoms. The highest BCUT2D eigenvalue weighted by molar-refractivity contribution is 5.66. The molecular weight excluding hydrogens is 206 g/mol. The van der Waals surface area contributed by atoms with Crippen molar-refractivity contribution in [1.82, 2.24) is 0 Å². The van der Waals surface area contributed by atoms with Crippen LogP contribution in [0.3, 0.4) is 0 Å². The molecule has 0 heterocycles. The molecule has 0 saturated carbocycles. The van der Waals surface area contributed by atoms with Gasteiger partial charge in [-0.2, -0.15) is 0 Å². The van der Waals surface area contributed by atoms with E-state index >= 15 is 0 Å². The Morgan fingerprint density at radius 2 is 1.88 bits per heavy atom. The van der Waals surface area contributed by atoms with E-state index in [0.29, 0.717) is 25.9 Å². The van der Waals surface area contributed by atoms with Crippen LogP contribution in [0.5, 0.6) is 0 Å². The first kappa shape index (κ1) is 12.4. The molecule has 0 aliphatic rings. The van der Waals surface area contributed by atoms with Gasteiger partial charge in [0, 0.05) is 17.7 Å². The van der Waals surface area contributed by atoms with E-state index in [1.54, 1.807) is 0 Å². The zero-order valence-electron chi connectivity index (χ0n) is 9.13. The van der Waals surface area contributed by atoms with E-state index in [0.717, 1.165) is 10.3 Å². The predicted molar refractivity (Wildman–Crippen MR) is 60.4 cm³/mol. The van der Waals surface area contributed by atoms with Gasteiger partial charge < -0.3 is 5.11 Å². The van der Waals surface area contributed by atoms with Crippen molar-refractivity contribution in [3.8, 4) is 0 Å². The number of aliphatic carboxylic acids is 1. The summed E-state index contributed by atoms with van der Waals surface area (Å²) in [6.07, 6.45) is 1.18. The van der Waals surface area contributed by atoms with Gasteiger partial charge in [-0.15, -0.1) is 0 Å². The Bertz CT molecular complexity index is 349.